The van der Waals surface area contributed by atoms with Crippen molar-refractivity contribution in [1.29, 1.82) is 0 Å². The Morgan fingerprint density at radius 1 is 0.889 bits per heavy atom. The summed E-state index contributed by atoms with van der Waals surface area (Å²) in [5, 5.41) is 0. The maximum Gasteiger partial charge on any atom is 0.410 e. The predicted octanol–water partition coefficient (Wildman–Crippen LogP) is 5.98. The van der Waals surface area contributed by atoms with E-state index in [9.17, 15) is 24.0 Å². The van der Waals surface area contributed by atoms with E-state index in [0.717, 1.165) is 28.0 Å². The molecule has 1 saturated carbocycles. The van der Waals surface area contributed by atoms with Gasteiger partial charge in [0, 0.05) is 26.9 Å². The molecule has 0 spiro atoms. The summed E-state index contributed by atoms with van der Waals surface area (Å²) in [6.45, 7) is 10.0. The van der Waals surface area contributed by atoms with Gasteiger partial charge in [-0.2, -0.15) is 0 Å². The van der Waals surface area contributed by atoms with Gasteiger partial charge in [-0.05, 0) is 83.1 Å². The van der Waals surface area contributed by atoms with Gasteiger partial charge in [-0.25, -0.2) is 23.6 Å². The number of likely N-dealkylation sites (N-methyl/N-ethyl adjacent to an activating group) is 2. The molecule has 1 heterocycles. The summed E-state index contributed by atoms with van der Waals surface area (Å²) in [7, 11) is 2.70. The highest BCUT2D eigenvalue weighted by molar-refractivity contribution is 5.93. The van der Waals surface area contributed by atoms with E-state index in [1.807, 2.05) is 36.4 Å². The number of esters is 3. The number of hydrogen-bond acceptors (Lipinski definition) is 10. The summed E-state index contributed by atoms with van der Waals surface area (Å²) in [6.07, 6.45) is -0.704. The lowest BCUT2D eigenvalue weighted by molar-refractivity contribution is -0.175. The number of hydrogen-bond donors (Lipinski definition) is 0. The van der Waals surface area contributed by atoms with E-state index >= 15 is 4.39 Å². The zero-order chi connectivity index (χ0) is 39.8. The number of alkyl halides is 1. The van der Waals surface area contributed by atoms with Crippen LogP contribution in [-0.4, -0.2) is 102 Å². The molecule has 294 valence electrons. The number of amides is 2. The lowest BCUT2D eigenvalue weighted by Gasteiger charge is -2.33. The normalized spacial score (nSPS) is 16.8. The molecule has 0 radical (unpaired) electrons. The van der Waals surface area contributed by atoms with Gasteiger partial charge >= 0.3 is 24.0 Å². The molecule has 2 aromatic rings. The Morgan fingerprint density at radius 2 is 1.54 bits per heavy atom. The minimum atomic E-state index is -1.95. The average Bonchev–Trinajstić information content (AvgIpc) is 3.94. The van der Waals surface area contributed by atoms with Crippen molar-refractivity contribution in [3.8, 4) is 0 Å². The Kier molecular flexibility index (Phi) is 13.7. The smallest absolute Gasteiger partial charge is 0.410 e. The van der Waals surface area contributed by atoms with Crippen LogP contribution in [0.4, 0.5) is 9.18 Å². The molecule has 54 heavy (non-hydrogen) atoms. The standard InChI is InChI=1S/C41H53FN2O10/c1-27(52-37(48)41(20-21-41)44(8)38(49)54-39(2,3)4)34(45)43(7)32(25-40(5,6)42)35(46)53-33(36(47)51-26-29-12-10-9-11-13-29)24-28-14-16-30(17-15-28)31-18-22-50-23-19-31/h9-18,27,32-33H,19-26H2,1-8H3/t27-,32+,33?/m1/s1. The van der Waals surface area contributed by atoms with Crippen molar-refractivity contribution in [1.82, 2.24) is 9.80 Å². The number of carbonyl (C=O) groups is 5. The van der Waals surface area contributed by atoms with Crippen molar-refractivity contribution in [2.24, 2.45) is 0 Å². The molecule has 0 saturated heterocycles. The molecule has 4 rings (SSSR count). The average molecular weight is 753 g/mol. The van der Waals surface area contributed by atoms with Crippen molar-refractivity contribution in [2.45, 2.75) is 115 Å². The van der Waals surface area contributed by atoms with Crippen molar-refractivity contribution in [3.63, 3.8) is 0 Å². The van der Waals surface area contributed by atoms with E-state index in [1.165, 1.54) is 39.8 Å². The highest BCUT2D eigenvalue weighted by Crippen LogP contribution is 2.43. The first-order valence-electron chi connectivity index (χ1n) is 18.2. The van der Waals surface area contributed by atoms with Crippen molar-refractivity contribution in [3.05, 3.63) is 77.4 Å². The number of halogens is 1. The van der Waals surface area contributed by atoms with E-state index in [1.54, 1.807) is 45.0 Å². The fraction of sp³-hybridized carbons (Fsp3) is 0.537. The van der Waals surface area contributed by atoms with E-state index in [2.05, 4.69) is 0 Å². The van der Waals surface area contributed by atoms with Gasteiger partial charge in [0.25, 0.3) is 5.91 Å². The lowest BCUT2D eigenvalue weighted by atomic mass is 9.98. The van der Waals surface area contributed by atoms with Crippen LogP contribution in [0.2, 0.25) is 0 Å². The fourth-order valence-corrected chi connectivity index (χ4v) is 5.97. The molecular formula is C41H53FN2O10. The van der Waals surface area contributed by atoms with Crippen molar-refractivity contribution < 1.29 is 52.0 Å². The first-order chi connectivity index (χ1) is 25.3. The molecule has 0 aromatic heterocycles. The minimum Gasteiger partial charge on any atom is -0.458 e. The molecule has 3 atom stereocenters. The Labute approximate surface area is 316 Å². The lowest BCUT2D eigenvalue weighted by Crippen LogP contribution is -2.52. The molecule has 1 unspecified atom stereocenters. The third kappa shape index (κ3) is 11.6. The molecule has 12 nitrogen and oxygen atoms in total. The van der Waals surface area contributed by atoms with Gasteiger partial charge in [0.1, 0.15) is 29.5 Å². The predicted molar refractivity (Wildman–Crippen MR) is 198 cm³/mol. The first kappa shape index (κ1) is 42.0. The zero-order valence-corrected chi connectivity index (χ0v) is 32.5. The van der Waals surface area contributed by atoms with Gasteiger partial charge in [0.2, 0.25) is 6.10 Å². The Morgan fingerprint density at radius 3 is 2.09 bits per heavy atom. The highest BCUT2D eigenvalue weighted by Gasteiger charge is 2.58. The molecule has 2 aromatic carbocycles. The third-order valence-corrected chi connectivity index (χ3v) is 9.26. The molecule has 2 amide bonds. The van der Waals surface area contributed by atoms with Crippen molar-refractivity contribution in [2.75, 3.05) is 27.3 Å². The topological polar surface area (TPSA) is 138 Å². The van der Waals surface area contributed by atoms with E-state index in [0.29, 0.717) is 31.6 Å². The van der Waals surface area contributed by atoms with Crippen LogP contribution in [0.25, 0.3) is 5.57 Å². The van der Waals surface area contributed by atoms with Crippen LogP contribution in [0.5, 0.6) is 0 Å². The number of benzene rings is 2. The summed E-state index contributed by atoms with van der Waals surface area (Å²) >= 11 is 0. The molecule has 1 aliphatic heterocycles. The van der Waals surface area contributed by atoms with Crippen molar-refractivity contribution >= 4 is 35.5 Å². The second kappa shape index (κ2) is 17.6. The Hall–Kier alpha value is -4.78. The van der Waals surface area contributed by atoms with Crippen LogP contribution in [0.15, 0.2) is 60.7 Å². The maximum absolute atomic E-state index is 15.2. The Bertz CT molecular complexity index is 1680. The van der Waals surface area contributed by atoms with Gasteiger partial charge in [0.15, 0.2) is 6.10 Å². The van der Waals surface area contributed by atoms with Gasteiger partial charge in [-0.1, -0.05) is 60.7 Å². The molecule has 0 N–H and O–H groups in total. The molecule has 1 aliphatic carbocycles. The summed E-state index contributed by atoms with van der Waals surface area (Å²) in [5.74, 6) is -3.48. The number of rotatable bonds is 15. The monoisotopic (exact) mass is 752 g/mol. The van der Waals surface area contributed by atoms with Gasteiger partial charge in [-0.3, -0.25) is 9.69 Å². The third-order valence-electron chi connectivity index (χ3n) is 9.26. The number of ether oxygens (including phenoxy) is 5. The summed E-state index contributed by atoms with van der Waals surface area (Å²) in [6, 6.07) is 15.0. The van der Waals surface area contributed by atoms with Gasteiger partial charge in [0.05, 0.1) is 13.2 Å². The SMILES string of the molecule is C[C@@H](OC(=O)C1(N(C)C(=O)OC(C)(C)C)CC1)C(=O)N(C)[C@@H](CC(C)(C)F)C(=O)OC(Cc1ccc(C2=CCOCC2)cc1)C(=O)OCc1ccccc1. The summed E-state index contributed by atoms with van der Waals surface area (Å²) in [5.41, 5.74) is -0.501. The van der Waals surface area contributed by atoms with E-state index in [4.69, 9.17) is 23.7 Å². The number of nitrogens with zero attached hydrogens (tertiary/aromatic N) is 2. The van der Waals surface area contributed by atoms with Crippen LogP contribution < -0.4 is 0 Å². The molecule has 0 bridgehead atoms. The van der Waals surface area contributed by atoms with Gasteiger partial charge < -0.3 is 28.6 Å². The summed E-state index contributed by atoms with van der Waals surface area (Å²) < 4.78 is 42.9. The fourth-order valence-electron chi connectivity index (χ4n) is 5.97. The van der Waals surface area contributed by atoms with Crippen LogP contribution in [0.3, 0.4) is 0 Å². The van der Waals surface area contributed by atoms with Crippen LogP contribution in [-0.2, 0) is 55.9 Å². The molecule has 1 fully saturated rings. The maximum atomic E-state index is 15.2. The molecular weight excluding hydrogens is 699 g/mol. The largest absolute Gasteiger partial charge is 0.458 e. The van der Waals surface area contributed by atoms with Crippen LogP contribution in [0, 0.1) is 0 Å². The number of carbonyl (C=O) groups excluding carboxylic acids is 5. The quantitative estimate of drug-likeness (QED) is 0.158. The van der Waals surface area contributed by atoms with E-state index in [-0.39, 0.29) is 13.0 Å². The molecule has 2 aliphatic rings. The minimum absolute atomic E-state index is 0.0491. The second-order valence-electron chi connectivity index (χ2n) is 15.5. The van der Waals surface area contributed by atoms with Gasteiger partial charge in [-0.15, -0.1) is 0 Å². The molecule has 13 heteroatoms. The Balaban J connectivity index is 1.50. The van der Waals surface area contributed by atoms with E-state index < -0.39 is 71.4 Å². The van der Waals surface area contributed by atoms with Crippen LogP contribution >= 0.6 is 0 Å². The first-order valence-corrected chi connectivity index (χ1v) is 18.2. The summed E-state index contributed by atoms with van der Waals surface area (Å²) in [4.78, 5) is 69.3. The zero-order valence-electron chi connectivity index (χ0n) is 32.5. The second-order valence-corrected chi connectivity index (χ2v) is 15.5. The van der Waals surface area contributed by atoms with Crippen LogP contribution in [0.1, 0.15) is 83.9 Å². The highest BCUT2D eigenvalue weighted by atomic mass is 19.1.